The Hall–Kier alpha value is 1.38. The van der Waals surface area contributed by atoms with Gasteiger partial charge in [-0.1, -0.05) is 236 Å². The monoisotopic (exact) mass is 1570 g/mol. The van der Waals surface area contributed by atoms with Gasteiger partial charge in [-0.3, -0.25) is 0 Å². The molecule has 2 saturated heterocycles. The molecule has 5 rings (SSSR count). The Labute approximate surface area is 599 Å². The molecule has 0 aromatic heterocycles. The molecule has 0 radical (unpaired) electrons. The summed E-state index contributed by atoms with van der Waals surface area (Å²) in [5.74, 6) is 0. The highest BCUT2D eigenvalue weighted by Crippen LogP contribution is 2.07. The summed E-state index contributed by atoms with van der Waals surface area (Å²) in [6, 6.07) is 35.8. The van der Waals surface area contributed by atoms with Crippen molar-refractivity contribution in [3.05, 3.63) is 72.8 Å². The van der Waals surface area contributed by atoms with Gasteiger partial charge in [-0.2, -0.15) is 0 Å². The molecule has 528 valence electrons. The van der Waals surface area contributed by atoms with Crippen molar-refractivity contribution in [2.75, 3.05) is 79.3 Å². The summed E-state index contributed by atoms with van der Waals surface area (Å²) in [6.07, 6.45) is 7.44. The SMILES string of the molecule is C1[SiH2]C[SiH2]C[SiH2]1.C[SiH2]CCCOCCOCCC[SiH2]C.C[SiH2]c1ccc([SiH2]C)cc1.C[SiH](C)CCCOCCOCCC[SiH](C)C.C[SiH](C)c1ccc([SiH](C)C)cc1.C[SiH]1O[SiH](C)O[SiH](C)O[SiH](C)O1.[SiH3]CCCOCCOCCC[SiH3].[SiH3]c1ccc([SiH3])cc1. The Morgan fingerprint density at radius 3 is 0.856 bits per heavy atom. The second-order valence-electron chi connectivity index (χ2n) is 25.5. The fraction of sp³-hybridized carbons (Fsp3) is 0.705. The van der Waals surface area contributed by atoms with Crippen LogP contribution in [0.1, 0.15) is 38.5 Å². The smallest absolute Gasteiger partial charge is 0.300 e. The van der Waals surface area contributed by atoms with E-state index in [1.165, 1.54) is 126 Å². The van der Waals surface area contributed by atoms with E-state index in [4.69, 9.17) is 44.9 Å². The predicted octanol–water partition coefficient (Wildman–Crippen LogP) is -0.575. The van der Waals surface area contributed by atoms with Crippen LogP contribution in [0.25, 0.3) is 0 Å². The first-order valence-electron chi connectivity index (χ1n) is 36.6. The first kappa shape index (κ1) is 95.6. The van der Waals surface area contributed by atoms with E-state index in [-0.39, 0.29) is 55.7 Å². The molecule has 2 aliphatic heterocycles. The molecule has 0 unspecified atom stereocenters. The molecule has 0 saturated carbocycles. The van der Waals surface area contributed by atoms with Crippen molar-refractivity contribution < 1.29 is 44.9 Å². The fourth-order valence-electron chi connectivity index (χ4n) is 8.74. The van der Waals surface area contributed by atoms with E-state index < -0.39 is 54.7 Å². The van der Waals surface area contributed by atoms with Crippen molar-refractivity contribution in [2.24, 2.45) is 0 Å². The van der Waals surface area contributed by atoms with Crippen LogP contribution in [0.4, 0.5) is 0 Å². The van der Waals surface area contributed by atoms with Crippen LogP contribution < -0.4 is 31.1 Å². The van der Waals surface area contributed by atoms with Gasteiger partial charge in [-0.25, -0.2) is 0 Å². The summed E-state index contributed by atoms with van der Waals surface area (Å²) in [7, 11) is 0.0281. The number of hydrogen-bond acceptors (Lipinski definition) is 10. The molecule has 90 heavy (non-hydrogen) atoms. The first-order valence-corrected chi connectivity index (χ1v) is 76.9. The molecule has 2 heterocycles. The van der Waals surface area contributed by atoms with Crippen LogP contribution in [0, 0.1) is 0 Å². The second kappa shape index (κ2) is 73.1. The minimum atomic E-state index is -1.42. The van der Waals surface area contributed by atoms with E-state index in [2.05, 4.69) is 151 Å². The van der Waals surface area contributed by atoms with Gasteiger partial charge >= 0.3 is 0 Å². The minimum Gasteiger partial charge on any atom is -0.420 e. The van der Waals surface area contributed by atoms with E-state index in [0.717, 1.165) is 79.3 Å². The zero-order valence-corrected chi connectivity index (χ0v) is 89.8. The molecule has 10 nitrogen and oxygen atoms in total. The summed E-state index contributed by atoms with van der Waals surface area (Å²) in [5, 5.41) is 9.34. The molecule has 0 N–H and O–H groups in total. The Morgan fingerprint density at radius 1 is 0.389 bits per heavy atom. The van der Waals surface area contributed by atoms with E-state index in [1.54, 1.807) is 20.7 Å². The molecule has 2 fully saturated rings. The van der Waals surface area contributed by atoms with Crippen LogP contribution in [-0.2, 0) is 44.9 Å². The maximum Gasteiger partial charge on any atom is 0.300 e. The lowest BCUT2D eigenvalue weighted by atomic mass is 10.4. The van der Waals surface area contributed by atoms with Gasteiger partial charge in [0.05, 0.1) is 76.3 Å². The van der Waals surface area contributed by atoms with Gasteiger partial charge in [0.15, 0.2) is 0 Å². The highest BCUT2D eigenvalue weighted by atomic mass is 28.5. The Morgan fingerprint density at radius 2 is 0.644 bits per heavy atom. The van der Waals surface area contributed by atoms with Crippen LogP contribution in [0.15, 0.2) is 72.8 Å². The average molecular weight is 1580 g/mol. The normalized spacial score (nSPS) is 17.6. The van der Waals surface area contributed by atoms with Crippen molar-refractivity contribution in [1.29, 1.82) is 0 Å². The highest BCUT2D eigenvalue weighted by Gasteiger charge is 2.25. The number of ether oxygens (including phenoxy) is 6. The average Bonchev–Trinajstić information content (AvgIpc) is 3.69. The summed E-state index contributed by atoms with van der Waals surface area (Å²) < 4.78 is 55.3. The topological polar surface area (TPSA) is 92.3 Å². The zero-order valence-electron chi connectivity index (χ0n) is 62.7. The molecule has 3 aromatic rings. The zero-order chi connectivity index (χ0) is 67.7. The standard InChI is InChI=1S/C12H30O2Si2.C10H26O2Si2.C10H18Si2.C8H22O2Si2.C8H14Si2.C6H10Si2.C4H16O4Si4.C3H12Si3/c1-15(2)11-5-7-13-9-10-14-8-6-12-16(3)4;1-13-9-3-5-11-7-8-12-6-4-10-14-2;1-11(2)9-5-7-10(8-6-9)12(3)4;11-7-1-3-9-5-6-10-4-2-8-12;1-9-7-3-5-8(10-2)6-4-7;7-5-1-2-6(8)4-3-5;1-9-5-10(2)7-12(4)8-11(3)6-9;1-4-2-6-3-5-1/h15-16H,5-12H2,1-4H3;3-10,13-14H2,1-2H3;5-8,11-12H,1-4H3;1-8H2,11-12H3;3-6H,9-10H2,1-2H3;1-4H,7-8H3;9-12H,1-4H3;1-6H2. The summed E-state index contributed by atoms with van der Waals surface area (Å²) in [6.45, 7) is 46.8. The van der Waals surface area contributed by atoms with Crippen molar-refractivity contribution in [3.63, 3.8) is 0 Å². The lowest BCUT2D eigenvalue weighted by Gasteiger charge is -2.28. The molecule has 0 amide bonds. The van der Waals surface area contributed by atoms with Gasteiger partial charge in [0.1, 0.15) is 0 Å². The van der Waals surface area contributed by atoms with E-state index >= 15 is 0 Å². The van der Waals surface area contributed by atoms with E-state index in [1.807, 2.05) is 43.2 Å². The van der Waals surface area contributed by atoms with Crippen molar-refractivity contribution in [2.45, 2.75) is 197 Å². The lowest BCUT2D eigenvalue weighted by molar-refractivity contribution is 0.0482. The third kappa shape index (κ3) is 72.1. The molecule has 29 heteroatoms. The van der Waals surface area contributed by atoms with E-state index in [9.17, 15) is 0 Å². The summed E-state index contributed by atoms with van der Waals surface area (Å²) in [5.41, 5.74) is 5.44. The largest absolute Gasteiger partial charge is 0.420 e. The van der Waals surface area contributed by atoms with Gasteiger partial charge in [0.2, 0.25) is 0 Å². The quantitative estimate of drug-likeness (QED) is 0.0564. The van der Waals surface area contributed by atoms with Gasteiger partial charge in [0.25, 0.3) is 37.1 Å². The minimum absolute atomic E-state index is 0.0831. The Bertz CT molecular complexity index is 1720. The fourth-order valence-corrected chi connectivity index (χ4v) is 46.7. The van der Waals surface area contributed by atoms with Gasteiger partial charge in [-0.05, 0) is 64.7 Å². The molecule has 0 atom stereocenters. The molecule has 3 aromatic carbocycles. The maximum absolute atomic E-state index is 5.65. The Balaban J connectivity index is -0.000000971. The first-order chi connectivity index (χ1) is 43.3. The van der Waals surface area contributed by atoms with Crippen LogP contribution in [-0.4, -0.2) is 259 Å². The van der Waals surface area contributed by atoms with Crippen LogP contribution in [0.2, 0.25) is 158 Å². The predicted molar refractivity (Wildman–Crippen MR) is 468 cm³/mol. The van der Waals surface area contributed by atoms with Crippen molar-refractivity contribution in [3.8, 4) is 0 Å². The molecular weight excluding hydrogens is 1430 g/mol. The Kier molecular flexibility index (Phi) is 77.6. The van der Waals surface area contributed by atoms with Crippen LogP contribution in [0.3, 0.4) is 0 Å². The summed E-state index contributed by atoms with van der Waals surface area (Å²) in [4.78, 5) is 0. The lowest BCUT2D eigenvalue weighted by Crippen LogP contribution is -2.44. The van der Waals surface area contributed by atoms with E-state index in [0.29, 0.717) is 28.6 Å². The number of hydrogen-bond donors (Lipinski definition) is 0. The molecule has 0 bridgehead atoms. The highest BCUT2D eigenvalue weighted by molar-refractivity contribution is 6.75. The summed E-state index contributed by atoms with van der Waals surface area (Å²) >= 11 is 0. The number of rotatable bonds is 35. The second-order valence-corrected chi connectivity index (χ2v) is 68.4. The third-order valence-electron chi connectivity index (χ3n) is 14.7. The van der Waals surface area contributed by atoms with Crippen molar-refractivity contribution in [1.82, 2.24) is 0 Å². The molecular formula is C61H148O10Si19. The molecule has 2 aliphatic rings. The van der Waals surface area contributed by atoms with Crippen molar-refractivity contribution >= 4 is 211 Å². The molecule has 0 spiro atoms. The van der Waals surface area contributed by atoms with Crippen LogP contribution >= 0.6 is 0 Å². The van der Waals surface area contributed by atoms with Gasteiger partial charge < -0.3 is 44.9 Å². The maximum atomic E-state index is 5.65. The van der Waals surface area contributed by atoms with Gasteiger partial charge in [-0.15, -0.1) is 0 Å². The van der Waals surface area contributed by atoms with Gasteiger partial charge in [0, 0.05) is 146 Å². The number of benzene rings is 3. The van der Waals surface area contributed by atoms with Crippen LogP contribution in [0.5, 0.6) is 0 Å². The molecule has 0 aliphatic carbocycles. The third-order valence-corrected chi connectivity index (χ3v) is 53.3.